The number of methoxy groups -OCH3 is 1. The van der Waals surface area contributed by atoms with Crippen LogP contribution in [0.4, 0.5) is 5.69 Å². The van der Waals surface area contributed by atoms with E-state index in [1.165, 1.54) is 7.11 Å². The summed E-state index contributed by atoms with van der Waals surface area (Å²) in [6, 6.07) is 12.6. The highest BCUT2D eigenvalue weighted by Crippen LogP contribution is 2.31. The van der Waals surface area contributed by atoms with Crippen molar-refractivity contribution in [3.8, 4) is 11.5 Å². The van der Waals surface area contributed by atoms with Crippen molar-refractivity contribution in [3.63, 3.8) is 0 Å². The van der Waals surface area contributed by atoms with Crippen molar-refractivity contribution >= 4 is 23.2 Å². The van der Waals surface area contributed by atoms with Crippen LogP contribution >= 0.6 is 11.6 Å². The smallest absolute Gasteiger partial charge is 0.265 e. The summed E-state index contributed by atoms with van der Waals surface area (Å²) < 4.78 is 10.8. The van der Waals surface area contributed by atoms with Crippen molar-refractivity contribution < 1.29 is 14.3 Å². The first-order valence-corrected chi connectivity index (χ1v) is 7.25. The highest BCUT2D eigenvalue weighted by Gasteiger charge is 2.17. The Bertz CT molecular complexity index is 658. The van der Waals surface area contributed by atoms with Gasteiger partial charge in [0.05, 0.1) is 12.8 Å². The summed E-state index contributed by atoms with van der Waals surface area (Å²) in [5.41, 5.74) is 1.42. The number of nitrogens with one attached hydrogen (secondary N) is 1. The van der Waals surface area contributed by atoms with Crippen molar-refractivity contribution in [2.24, 2.45) is 0 Å². The quantitative estimate of drug-likeness (QED) is 0.904. The normalized spacial score (nSPS) is 11.6. The highest BCUT2D eigenvalue weighted by molar-refractivity contribution is 6.31. The average molecular weight is 320 g/mol. The lowest BCUT2D eigenvalue weighted by Crippen LogP contribution is -2.30. The molecule has 5 heteroatoms. The molecule has 0 spiro atoms. The summed E-state index contributed by atoms with van der Waals surface area (Å²) in [7, 11) is 1.53. The van der Waals surface area contributed by atoms with Crippen LogP contribution in [0.5, 0.6) is 11.5 Å². The minimum absolute atomic E-state index is 0.260. The van der Waals surface area contributed by atoms with Gasteiger partial charge in [-0.25, -0.2) is 0 Å². The fourth-order valence-corrected chi connectivity index (χ4v) is 2.07. The molecule has 0 fully saturated rings. The Hall–Kier alpha value is -2.20. The van der Waals surface area contributed by atoms with E-state index in [2.05, 4.69) is 5.32 Å². The molecule has 1 amide bonds. The van der Waals surface area contributed by atoms with Gasteiger partial charge >= 0.3 is 0 Å². The lowest BCUT2D eigenvalue weighted by molar-refractivity contribution is -0.122. The second-order valence-corrected chi connectivity index (χ2v) is 5.27. The highest BCUT2D eigenvalue weighted by atomic mass is 35.5. The Morgan fingerprint density at radius 2 is 1.91 bits per heavy atom. The molecule has 0 radical (unpaired) electrons. The molecule has 0 aromatic heterocycles. The number of aryl methyl sites for hydroxylation is 1. The van der Waals surface area contributed by atoms with Crippen molar-refractivity contribution in [2.45, 2.75) is 20.0 Å². The summed E-state index contributed by atoms with van der Waals surface area (Å²) in [4.78, 5) is 12.3. The number of benzene rings is 2. The van der Waals surface area contributed by atoms with Crippen LogP contribution < -0.4 is 14.8 Å². The third-order valence-corrected chi connectivity index (χ3v) is 3.57. The average Bonchev–Trinajstić information content (AvgIpc) is 2.51. The van der Waals surface area contributed by atoms with Crippen LogP contribution in [0.3, 0.4) is 0 Å². The number of hydrogen-bond acceptors (Lipinski definition) is 3. The first-order chi connectivity index (χ1) is 10.5. The molecular formula is C17H18ClNO3. The van der Waals surface area contributed by atoms with Gasteiger partial charge in [0.15, 0.2) is 6.10 Å². The number of anilines is 1. The van der Waals surface area contributed by atoms with Crippen LogP contribution in [-0.2, 0) is 4.79 Å². The number of amides is 1. The number of halogens is 1. The Morgan fingerprint density at radius 3 is 2.55 bits per heavy atom. The number of para-hydroxylation sites is 1. The molecule has 4 nitrogen and oxygen atoms in total. The minimum Gasteiger partial charge on any atom is -0.495 e. The molecular weight excluding hydrogens is 302 g/mol. The van der Waals surface area contributed by atoms with E-state index in [1.807, 2.05) is 25.1 Å². The Balaban J connectivity index is 2.10. The lowest BCUT2D eigenvalue weighted by atomic mass is 10.2. The van der Waals surface area contributed by atoms with Crippen LogP contribution in [0.15, 0.2) is 42.5 Å². The summed E-state index contributed by atoms with van der Waals surface area (Å²) in [5.74, 6) is 0.893. The zero-order chi connectivity index (χ0) is 16.1. The number of carbonyl (C=O) groups excluding carboxylic acids is 1. The fourth-order valence-electron chi connectivity index (χ4n) is 1.92. The van der Waals surface area contributed by atoms with E-state index in [-0.39, 0.29) is 5.91 Å². The van der Waals surface area contributed by atoms with E-state index in [0.717, 1.165) is 5.56 Å². The molecule has 0 aliphatic rings. The van der Waals surface area contributed by atoms with Gasteiger partial charge in [0, 0.05) is 11.1 Å². The van der Waals surface area contributed by atoms with Crippen LogP contribution in [0.25, 0.3) is 0 Å². The molecule has 0 saturated carbocycles. The van der Waals surface area contributed by atoms with E-state index >= 15 is 0 Å². The van der Waals surface area contributed by atoms with Gasteiger partial charge in [-0.05, 0) is 37.6 Å². The van der Waals surface area contributed by atoms with Crippen molar-refractivity contribution in [3.05, 3.63) is 53.1 Å². The molecule has 1 atom stereocenters. The lowest BCUT2D eigenvalue weighted by Gasteiger charge is -2.17. The Kier molecular flexibility index (Phi) is 5.28. The van der Waals surface area contributed by atoms with E-state index in [4.69, 9.17) is 21.1 Å². The molecule has 22 heavy (non-hydrogen) atoms. The van der Waals surface area contributed by atoms with Crippen molar-refractivity contribution in [1.29, 1.82) is 0 Å². The third-order valence-electron chi connectivity index (χ3n) is 3.16. The summed E-state index contributed by atoms with van der Waals surface area (Å²) in [5, 5.41) is 3.39. The SMILES string of the molecule is COc1cc(Cl)c(C)cc1NC(=O)C(C)Oc1ccccc1. The van der Waals surface area contributed by atoms with Crippen molar-refractivity contribution in [1.82, 2.24) is 0 Å². The second kappa shape index (κ2) is 7.18. The van der Waals surface area contributed by atoms with E-state index in [0.29, 0.717) is 22.2 Å². The predicted octanol–water partition coefficient (Wildman–Crippen LogP) is 4.06. The number of hydrogen-bond donors (Lipinski definition) is 1. The molecule has 2 rings (SSSR count). The Morgan fingerprint density at radius 1 is 1.23 bits per heavy atom. The Labute approximate surface area is 135 Å². The van der Waals surface area contributed by atoms with E-state index < -0.39 is 6.10 Å². The maximum absolute atomic E-state index is 12.3. The number of carbonyl (C=O) groups is 1. The molecule has 1 unspecified atom stereocenters. The zero-order valence-corrected chi connectivity index (χ0v) is 13.5. The number of rotatable bonds is 5. The molecule has 0 saturated heterocycles. The van der Waals surface area contributed by atoms with Crippen LogP contribution in [0, 0.1) is 6.92 Å². The topological polar surface area (TPSA) is 47.6 Å². The van der Waals surface area contributed by atoms with Crippen LogP contribution in [-0.4, -0.2) is 19.1 Å². The maximum Gasteiger partial charge on any atom is 0.265 e. The van der Waals surface area contributed by atoms with E-state index in [1.54, 1.807) is 31.2 Å². The van der Waals surface area contributed by atoms with Gasteiger partial charge in [-0.1, -0.05) is 29.8 Å². The second-order valence-electron chi connectivity index (χ2n) is 4.86. The van der Waals surface area contributed by atoms with Gasteiger partial charge in [0.2, 0.25) is 0 Å². The minimum atomic E-state index is -0.636. The summed E-state index contributed by atoms with van der Waals surface area (Å²) >= 11 is 6.05. The van der Waals surface area contributed by atoms with Gasteiger partial charge in [-0.2, -0.15) is 0 Å². The molecule has 2 aromatic rings. The standard InChI is InChI=1S/C17H18ClNO3/c1-11-9-15(16(21-3)10-14(11)18)19-17(20)12(2)22-13-7-5-4-6-8-13/h4-10,12H,1-3H3,(H,19,20). The third kappa shape index (κ3) is 3.92. The summed E-state index contributed by atoms with van der Waals surface area (Å²) in [6.45, 7) is 3.55. The molecule has 0 aliphatic carbocycles. The largest absolute Gasteiger partial charge is 0.495 e. The molecule has 1 N–H and O–H groups in total. The first-order valence-electron chi connectivity index (χ1n) is 6.88. The van der Waals surface area contributed by atoms with Gasteiger partial charge in [-0.15, -0.1) is 0 Å². The first kappa shape index (κ1) is 16.2. The summed E-state index contributed by atoms with van der Waals surface area (Å²) in [6.07, 6.45) is -0.636. The zero-order valence-electron chi connectivity index (χ0n) is 12.7. The maximum atomic E-state index is 12.3. The predicted molar refractivity (Wildman–Crippen MR) is 87.9 cm³/mol. The molecule has 0 heterocycles. The molecule has 0 aliphatic heterocycles. The molecule has 2 aromatic carbocycles. The van der Waals surface area contributed by atoms with Crippen molar-refractivity contribution in [2.75, 3.05) is 12.4 Å². The molecule has 116 valence electrons. The van der Waals surface area contributed by atoms with Crippen LogP contribution in [0.2, 0.25) is 5.02 Å². The van der Waals surface area contributed by atoms with Gasteiger partial charge in [0.1, 0.15) is 11.5 Å². The van der Waals surface area contributed by atoms with Gasteiger partial charge in [-0.3, -0.25) is 4.79 Å². The van der Waals surface area contributed by atoms with Gasteiger partial charge in [0.25, 0.3) is 5.91 Å². The fraction of sp³-hybridized carbons (Fsp3) is 0.235. The van der Waals surface area contributed by atoms with Crippen LogP contribution in [0.1, 0.15) is 12.5 Å². The number of ether oxygens (including phenoxy) is 2. The van der Waals surface area contributed by atoms with Gasteiger partial charge < -0.3 is 14.8 Å². The molecule has 0 bridgehead atoms. The van der Waals surface area contributed by atoms with E-state index in [9.17, 15) is 4.79 Å². The monoisotopic (exact) mass is 319 g/mol.